The van der Waals surface area contributed by atoms with Crippen LogP contribution in [0.25, 0.3) is 0 Å². The van der Waals surface area contributed by atoms with E-state index in [0.29, 0.717) is 0 Å². The largest absolute Gasteiger partial charge is 0.358 e. The Bertz CT molecular complexity index is 220. The zero-order valence-corrected chi connectivity index (χ0v) is 19.8. The Labute approximate surface area is 153 Å². The molecule has 0 bridgehead atoms. The summed E-state index contributed by atoms with van der Waals surface area (Å²) < 4.78 is 3.68. The Kier molecular flexibility index (Phi) is 39.2. The first-order valence-corrected chi connectivity index (χ1v) is 15.6. The average Bonchev–Trinajstić information content (AvgIpc) is 2.64. The number of rotatable bonds is 0. The van der Waals surface area contributed by atoms with Crippen molar-refractivity contribution >= 4 is 48.0 Å². The van der Waals surface area contributed by atoms with Gasteiger partial charge in [-0.2, -0.15) is 0 Å². The molecule has 0 atom stereocenters. The van der Waals surface area contributed by atoms with E-state index < -0.39 is 27.0 Å². The van der Waals surface area contributed by atoms with Crippen LogP contribution in [0.15, 0.2) is 0 Å². The van der Waals surface area contributed by atoms with E-state index in [0.717, 1.165) is 0 Å². The number of halogens is 4. The van der Waals surface area contributed by atoms with Crippen molar-refractivity contribution in [1.82, 2.24) is 9.80 Å². The van der Waals surface area contributed by atoms with Crippen molar-refractivity contribution in [2.24, 2.45) is 0 Å². The van der Waals surface area contributed by atoms with Gasteiger partial charge in [-0.25, -0.2) is 6.67 Å². The molecule has 0 radical (unpaired) electrons. The molecule has 0 aromatic carbocycles. The van der Waals surface area contributed by atoms with Crippen LogP contribution in [-0.4, -0.2) is 46.2 Å². The summed E-state index contributed by atoms with van der Waals surface area (Å²) >= 11 is -2.73. The zero-order valence-electron chi connectivity index (χ0n) is 13.3. The van der Waals surface area contributed by atoms with Gasteiger partial charge in [0.15, 0.2) is 0 Å². The SMILES string of the molecule is CN1[CH-]N(C)CC1.C[CH]=[Ru]([Cl])[Cl].C[CH]=[Ru]([Cl])[Cl].[CH3-].[CH3-].[CH3-]. The summed E-state index contributed by atoms with van der Waals surface area (Å²) in [5.74, 6) is 0. The van der Waals surface area contributed by atoms with E-state index in [-0.39, 0.29) is 22.3 Å². The first-order chi connectivity index (χ1) is 7.83. The zero-order chi connectivity index (χ0) is 13.8. The molecule has 20 heavy (non-hydrogen) atoms. The van der Waals surface area contributed by atoms with Gasteiger partial charge in [0.05, 0.1) is 0 Å². The third kappa shape index (κ3) is 32.1. The molecule has 1 fully saturated rings. The number of nitrogens with zero attached hydrogens (tertiary/aromatic N) is 2. The molecule has 0 aromatic rings. The van der Waals surface area contributed by atoms with Crippen molar-refractivity contribution in [2.75, 3.05) is 27.2 Å². The van der Waals surface area contributed by atoms with Gasteiger partial charge in [0, 0.05) is 0 Å². The van der Waals surface area contributed by atoms with Crippen molar-refractivity contribution in [2.45, 2.75) is 13.8 Å². The molecule has 1 rings (SSSR count). The van der Waals surface area contributed by atoms with E-state index in [2.05, 4.69) is 30.6 Å². The maximum absolute atomic E-state index is 5.32. The van der Waals surface area contributed by atoms with Gasteiger partial charge < -0.3 is 32.1 Å². The maximum Gasteiger partial charge on any atom is -0.358 e. The van der Waals surface area contributed by atoms with Gasteiger partial charge in [0.2, 0.25) is 0 Å². The van der Waals surface area contributed by atoms with Crippen molar-refractivity contribution in [1.29, 1.82) is 0 Å². The molecular weight excluding hydrogens is 516 g/mol. The second-order valence-corrected chi connectivity index (χ2v) is 15.3. The minimum Gasteiger partial charge on any atom is -0.358 e. The quantitative estimate of drug-likeness (QED) is 0.320. The van der Waals surface area contributed by atoms with E-state index in [9.17, 15) is 0 Å². The predicted octanol–water partition coefficient (Wildman–Crippen LogP) is 4.80. The van der Waals surface area contributed by atoms with Crippen LogP contribution >= 0.6 is 38.8 Å². The Morgan fingerprint density at radius 3 is 1.05 bits per heavy atom. The van der Waals surface area contributed by atoms with E-state index in [1.165, 1.54) is 13.1 Å². The monoisotopic (exact) mass is 544 g/mol. The van der Waals surface area contributed by atoms with Crippen molar-refractivity contribution in [3.63, 3.8) is 0 Å². The second-order valence-electron chi connectivity index (χ2n) is 2.89. The van der Waals surface area contributed by atoms with E-state index in [1.807, 2.05) is 23.1 Å². The van der Waals surface area contributed by atoms with Crippen molar-refractivity contribution in [3.8, 4) is 0 Å². The molecule has 0 aliphatic carbocycles. The standard InChI is InChI=1S/C5H11N2.2C2H4.3CH3.4ClH.2Ru/c1-6-3-4-7(2)5-6;2*1-2;;;;;;;;;/h5H,3-4H2,1-2H3;2*1H,2H3;3*1H3;4*1H;;/q-1;;;3*-1;;;;;2*+2/p-4. The predicted molar refractivity (Wildman–Crippen MR) is 95.7 cm³/mol. The summed E-state index contributed by atoms with van der Waals surface area (Å²) in [6.07, 6.45) is 0. The van der Waals surface area contributed by atoms with E-state index >= 15 is 0 Å². The Hall–Kier alpha value is 2.07. The normalized spacial score (nSPS) is 14.6. The van der Waals surface area contributed by atoms with Gasteiger partial charge in [0.1, 0.15) is 0 Å². The van der Waals surface area contributed by atoms with Crippen LogP contribution < -0.4 is 0 Å². The van der Waals surface area contributed by atoms with Crippen LogP contribution in [0, 0.1) is 28.9 Å². The molecule has 0 spiro atoms. The molecule has 134 valence electrons. The smallest absolute Gasteiger partial charge is 0.358 e. The summed E-state index contributed by atoms with van der Waals surface area (Å²) in [5.41, 5.74) is 0. The molecule has 1 aliphatic heterocycles. The maximum atomic E-state index is 5.32. The molecule has 0 aromatic heterocycles. The summed E-state index contributed by atoms with van der Waals surface area (Å²) in [6, 6.07) is 0. The van der Waals surface area contributed by atoms with Crippen molar-refractivity contribution in [3.05, 3.63) is 28.9 Å². The van der Waals surface area contributed by atoms with Gasteiger partial charge >= 0.3 is 88.9 Å². The van der Waals surface area contributed by atoms with Gasteiger partial charge in [-0.1, -0.05) is 0 Å². The van der Waals surface area contributed by atoms with Crippen molar-refractivity contribution < 1.29 is 27.0 Å². The number of likely N-dealkylation sites (N-methyl/N-ethyl adjacent to an activating group) is 2. The Balaban J connectivity index is -0.0000000536. The molecule has 1 heterocycles. The van der Waals surface area contributed by atoms with E-state index in [4.69, 9.17) is 38.8 Å². The van der Waals surface area contributed by atoms with Gasteiger partial charge in [-0.05, 0) is 27.2 Å². The van der Waals surface area contributed by atoms with Crippen LogP contribution in [-0.2, 0) is 27.0 Å². The fraction of sp³-hybridized carbons (Fsp3) is 0.500. The average molecular weight is 544 g/mol. The molecule has 0 N–H and O–H groups in total. The fourth-order valence-electron chi connectivity index (χ4n) is 0.767. The first-order valence-electron chi connectivity index (χ1n) is 4.64. The molecule has 8 heteroatoms. The molecule has 1 saturated heterocycles. The topological polar surface area (TPSA) is 6.48 Å². The van der Waals surface area contributed by atoms with Crippen LogP contribution in [0.5, 0.6) is 0 Å². The third-order valence-electron chi connectivity index (χ3n) is 1.51. The van der Waals surface area contributed by atoms with Gasteiger partial charge in [-0.15, -0.1) is 0 Å². The Morgan fingerprint density at radius 2 is 1.00 bits per heavy atom. The molecule has 0 unspecified atom stereocenters. The second kappa shape index (κ2) is 23.3. The van der Waals surface area contributed by atoms with Crippen LogP contribution in [0.3, 0.4) is 0 Å². The summed E-state index contributed by atoms with van der Waals surface area (Å²) in [4.78, 5) is 4.36. The molecular formula is C12H28Cl4N2Ru2-4. The molecule has 1 aliphatic rings. The number of hydrogen-bond acceptors (Lipinski definition) is 2. The molecule has 0 amide bonds. The third-order valence-corrected chi connectivity index (χ3v) is 6.68. The summed E-state index contributed by atoms with van der Waals surface area (Å²) in [6.45, 7) is 8.21. The Morgan fingerprint density at radius 1 is 0.800 bits per heavy atom. The first kappa shape index (κ1) is 33.6. The van der Waals surface area contributed by atoms with Crippen LogP contribution in [0.2, 0.25) is 0 Å². The van der Waals surface area contributed by atoms with E-state index in [1.54, 1.807) is 0 Å². The van der Waals surface area contributed by atoms with Gasteiger partial charge in [-0.3, -0.25) is 0 Å². The van der Waals surface area contributed by atoms with Gasteiger partial charge in [0.25, 0.3) is 0 Å². The minimum atomic E-state index is -1.36. The summed E-state index contributed by atoms with van der Waals surface area (Å²) in [7, 11) is 25.4. The summed E-state index contributed by atoms with van der Waals surface area (Å²) in [5, 5.41) is 0. The molecule has 2 nitrogen and oxygen atoms in total. The van der Waals surface area contributed by atoms with Crippen LogP contribution in [0.1, 0.15) is 13.8 Å². The van der Waals surface area contributed by atoms with Crippen LogP contribution in [0.4, 0.5) is 0 Å². The minimum absolute atomic E-state index is 0. The number of hydrogen-bond donors (Lipinski definition) is 0. The molecule has 0 saturated carbocycles. The fourth-order valence-corrected chi connectivity index (χ4v) is 0.767.